The number of benzene rings is 1. The van der Waals surface area contributed by atoms with E-state index >= 15 is 0 Å². The van der Waals surface area contributed by atoms with E-state index < -0.39 is 0 Å². The van der Waals surface area contributed by atoms with Crippen LogP contribution in [0.3, 0.4) is 0 Å². The highest BCUT2D eigenvalue weighted by Gasteiger charge is 2.08. The smallest absolute Gasteiger partial charge is 0.150 e. The van der Waals surface area contributed by atoms with Crippen LogP contribution in [-0.4, -0.2) is 11.3 Å². The fourth-order valence-corrected chi connectivity index (χ4v) is 1.90. The Morgan fingerprint density at radius 3 is 2.44 bits per heavy atom. The van der Waals surface area contributed by atoms with E-state index in [1.807, 2.05) is 12.1 Å². The van der Waals surface area contributed by atoms with Gasteiger partial charge in [-0.05, 0) is 17.7 Å². The van der Waals surface area contributed by atoms with Crippen LogP contribution in [0, 0.1) is 0 Å². The summed E-state index contributed by atoms with van der Waals surface area (Å²) < 4.78 is 0. The number of aldehydes is 1. The molecule has 1 aromatic heterocycles. The first-order chi connectivity index (χ1) is 7.72. The first kappa shape index (κ1) is 11.1. The van der Waals surface area contributed by atoms with Crippen molar-refractivity contribution in [3.05, 3.63) is 52.3 Å². The van der Waals surface area contributed by atoms with Crippen molar-refractivity contribution in [2.75, 3.05) is 0 Å². The SMILES string of the molecule is O=Cc1ccccc1-c1ccc(Cl)nc1Cl. The molecule has 0 atom stereocenters. The monoisotopic (exact) mass is 251 g/mol. The second-order valence-electron chi connectivity index (χ2n) is 3.18. The predicted octanol–water partition coefficient (Wildman–Crippen LogP) is 3.87. The van der Waals surface area contributed by atoms with E-state index in [0.29, 0.717) is 21.4 Å². The van der Waals surface area contributed by atoms with Gasteiger partial charge in [-0.1, -0.05) is 47.5 Å². The van der Waals surface area contributed by atoms with Crippen LogP contribution in [0.5, 0.6) is 0 Å². The highest BCUT2D eigenvalue weighted by molar-refractivity contribution is 6.34. The van der Waals surface area contributed by atoms with Crippen LogP contribution in [0.2, 0.25) is 10.3 Å². The fraction of sp³-hybridized carbons (Fsp3) is 0. The highest BCUT2D eigenvalue weighted by Crippen LogP contribution is 2.29. The Hall–Kier alpha value is -1.38. The molecule has 0 amide bonds. The summed E-state index contributed by atoms with van der Waals surface area (Å²) in [4.78, 5) is 14.8. The highest BCUT2D eigenvalue weighted by atomic mass is 35.5. The molecule has 0 fully saturated rings. The predicted molar refractivity (Wildman–Crippen MR) is 65.1 cm³/mol. The van der Waals surface area contributed by atoms with Crippen LogP contribution in [0.15, 0.2) is 36.4 Å². The summed E-state index contributed by atoms with van der Waals surface area (Å²) >= 11 is 11.7. The van der Waals surface area contributed by atoms with Crippen molar-refractivity contribution in [2.24, 2.45) is 0 Å². The molecule has 0 unspecified atom stereocenters. The van der Waals surface area contributed by atoms with Crippen molar-refractivity contribution in [3.8, 4) is 11.1 Å². The number of carbonyl (C=O) groups excluding carboxylic acids is 1. The molecule has 80 valence electrons. The third kappa shape index (κ3) is 2.08. The quantitative estimate of drug-likeness (QED) is 0.599. The number of halogens is 2. The van der Waals surface area contributed by atoms with Gasteiger partial charge >= 0.3 is 0 Å². The third-order valence-electron chi connectivity index (χ3n) is 2.19. The van der Waals surface area contributed by atoms with Gasteiger partial charge in [-0.3, -0.25) is 4.79 Å². The number of rotatable bonds is 2. The maximum atomic E-state index is 10.9. The summed E-state index contributed by atoms with van der Waals surface area (Å²) in [6.07, 6.45) is 0.792. The molecule has 0 spiro atoms. The zero-order valence-electron chi connectivity index (χ0n) is 8.15. The zero-order valence-corrected chi connectivity index (χ0v) is 9.66. The van der Waals surface area contributed by atoms with E-state index in [9.17, 15) is 4.79 Å². The Morgan fingerprint density at radius 2 is 1.75 bits per heavy atom. The number of hydrogen-bond acceptors (Lipinski definition) is 2. The van der Waals surface area contributed by atoms with Crippen LogP contribution in [0.25, 0.3) is 11.1 Å². The van der Waals surface area contributed by atoms with Gasteiger partial charge in [0, 0.05) is 11.1 Å². The lowest BCUT2D eigenvalue weighted by molar-refractivity contribution is 0.112. The van der Waals surface area contributed by atoms with Crippen molar-refractivity contribution < 1.29 is 4.79 Å². The van der Waals surface area contributed by atoms with Crippen molar-refractivity contribution in [2.45, 2.75) is 0 Å². The van der Waals surface area contributed by atoms with Crippen molar-refractivity contribution >= 4 is 29.5 Å². The number of pyridine rings is 1. The minimum Gasteiger partial charge on any atom is -0.298 e. The summed E-state index contributed by atoms with van der Waals surface area (Å²) in [7, 11) is 0. The summed E-state index contributed by atoms with van der Waals surface area (Å²) in [6.45, 7) is 0. The van der Waals surface area contributed by atoms with E-state index in [-0.39, 0.29) is 0 Å². The van der Waals surface area contributed by atoms with Crippen LogP contribution >= 0.6 is 23.2 Å². The molecule has 0 aliphatic rings. The molecule has 0 bridgehead atoms. The molecule has 2 aromatic rings. The number of hydrogen-bond donors (Lipinski definition) is 0. The molecule has 4 heteroatoms. The minimum atomic E-state index is 0.293. The van der Waals surface area contributed by atoms with E-state index in [2.05, 4.69) is 4.98 Å². The topological polar surface area (TPSA) is 30.0 Å². The Balaban J connectivity index is 2.62. The summed E-state index contributed by atoms with van der Waals surface area (Å²) in [5.41, 5.74) is 2.04. The summed E-state index contributed by atoms with van der Waals surface area (Å²) in [5, 5.41) is 0.624. The molecule has 0 saturated carbocycles. The molecule has 2 rings (SSSR count). The molecule has 16 heavy (non-hydrogen) atoms. The van der Waals surface area contributed by atoms with Gasteiger partial charge < -0.3 is 0 Å². The number of carbonyl (C=O) groups is 1. The normalized spacial score (nSPS) is 10.1. The summed E-state index contributed by atoms with van der Waals surface area (Å²) in [5.74, 6) is 0. The fourth-order valence-electron chi connectivity index (χ4n) is 1.46. The van der Waals surface area contributed by atoms with Crippen molar-refractivity contribution in [1.82, 2.24) is 4.98 Å². The van der Waals surface area contributed by atoms with Gasteiger partial charge in [-0.25, -0.2) is 4.98 Å². The van der Waals surface area contributed by atoms with Crippen molar-refractivity contribution in [3.63, 3.8) is 0 Å². The van der Waals surface area contributed by atoms with Crippen LogP contribution < -0.4 is 0 Å². The van der Waals surface area contributed by atoms with E-state index in [1.165, 1.54) is 0 Å². The summed E-state index contributed by atoms with van der Waals surface area (Å²) in [6, 6.07) is 10.6. The molecule has 1 aromatic carbocycles. The maximum absolute atomic E-state index is 10.9. The van der Waals surface area contributed by atoms with Gasteiger partial charge in [0.25, 0.3) is 0 Å². The molecule has 1 heterocycles. The van der Waals surface area contributed by atoms with E-state index in [4.69, 9.17) is 23.2 Å². The van der Waals surface area contributed by atoms with Gasteiger partial charge in [0.15, 0.2) is 6.29 Å². The second kappa shape index (κ2) is 4.64. The number of aromatic nitrogens is 1. The van der Waals surface area contributed by atoms with E-state index in [1.54, 1.807) is 24.3 Å². The lowest BCUT2D eigenvalue weighted by atomic mass is 10.0. The van der Waals surface area contributed by atoms with Gasteiger partial charge in [-0.15, -0.1) is 0 Å². The molecular weight excluding hydrogens is 245 g/mol. The molecule has 2 nitrogen and oxygen atoms in total. The standard InChI is InChI=1S/C12H7Cl2NO/c13-11-6-5-10(12(14)15-11)9-4-2-1-3-8(9)7-16/h1-7H. The Labute approximate surface area is 103 Å². The average molecular weight is 252 g/mol. The van der Waals surface area contributed by atoms with Gasteiger partial charge in [0.05, 0.1) is 0 Å². The first-order valence-corrected chi connectivity index (χ1v) is 5.34. The Kier molecular flexibility index (Phi) is 3.22. The van der Waals surface area contributed by atoms with E-state index in [0.717, 1.165) is 11.8 Å². The maximum Gasteiger partial charge on any atom is 0.150 e. The average Bonchev–Trinajstić information content (AvgIpc) is 2.29. The Morgan fingerprint density at radius 1 is 1.00 bits per heavy atom. The van der Waals surface area contributed by atoms with Crippen LogP contribution in [0.1, 0.15) is 10.4 Å². The number of nitrogens with zero attached hydrogens (tertiary/aromatic N) is 1. The van der Waals surface area contributed by atoms with Gasteiger partial charge in [0.2, 0.25) is 0 Å². The molecule has 0 aliphatic carbocycles. The zero-order chi connectivity index (χ0) is 11.5. The minimum absolute atomic E-state index is 0.293. The molecule has 0 saturated heterocycles. The van der Waals surface area contributed by atoms with Gasteiger partial charge in [-0.2, -0.15) is 0 Å². The lowest BCUT2D eigenvalue weighted by Gasteiger charge is -2.06. The molecular formula is C12H7Cl2NO. The van der Waals surface area contributed by atoms with Crippen LogP contribution in [0.4, 0.5) is 0 Å². The Bertz CT molecular complexity index is 540. The molecule has 0 radical (unpaired) electrons. The molecule has 0 aliphatic heterocycles. The largest absolute Gasteiger partial charge is 0.298 e. The van der Waals surface area contributed by atoms with Crippen molar-refractivity contribution in [1.29, 1.82) is 0 Å². The third-order valence-corrected chi connectivity index (χ3v) is 2.69. The first-order valence-electron chi connectivity index (χ1n) is 4.59. The van der Waals surface area contributed by atoms with Gasteiger partial charge in [0.1, 0.15) is 10.3 Å². The molecule has 0 N–H and O–H groups in total. The second-order valence-corrected chi connectivity index (χ2v) is 3.92. The van der Waals surface area contributed by atoms with Crippen LogP contribution in [-0.2, 0) is 0 Å². The lowest BCUT2D eigenvalue weighted by Crippen LogP contribution is -1.89.